The molecule has 0 saturated heterocycles. The molecule has 9 nitrogen and oxygen atoms in total. The van der Waals surface area contributed by atoms with Crippen molar-refractivity contribution in [3.8, 4) is 0 Å². The quantitative estimate of drug-likeness (QED) is 0.423. The van der Waals surface area contributed by atoms with Gasteiger partial charge in [0.25, 0.3) is 11.8 Å². The van der Waals surface area contributed by atoms with E-state index in [9.17, 15) is 29.3 Å². The standard InChI is InChI=1S/C16H18N2O7S/c1-9-5-12(19)10(11(9)7-18(23)24)6-15(21)25-8-14(20)17-16(22)13-3-2-4-26-13/h2-4,9-11H,5-8H2,1H3,(H,17,20,22)/t9-,10+,11+/m0/s1. The van der Waals surface area contributed by atoms with Gasteiger partial charge in [0.1, 0.15) is 5.78 Å². The number of hydrogen-bond acceptors (Lipinski definition) is 8. The molecule has 0 spiro atoms. The van der Waals surface area contributed by atoms with Gasteiger partial charge in [0.05, 0.1) is 11.3 Å². The van der Waals surface area contributed by atoms with Crippen LogP contribution in [0.3, 0.4) is 0 Å². The first-order chi connectivity index (χ1) is 12.3. The normalized spacial score (nSPS) is 22.0. The van der Waals surface area contributed by atoms with Crippen molar-refractivity contribution in [2.75, 3.05) is 13.2 Å². The fraction of sp³-hybridized carbons (Fsp3) is 0.500. The molecule has 0 aromatic carbocycles. The molecule has 1 N–H and O–H groups in total. The number of nitro groups is 1. The first-order valence-corrected chi connectivity index (χ1v) is 8.83. The second-order valence-electron chi connectivity index (χ2n) is 6.15. The van der Waals surface area contributed by atoms with Crippen molar-refractivity contribution in [2.24, 2.45) is 17.8 Å². The van der Waals surface area contributed by atoms with E-state index in [1.54, 1.807) is 24.4 Å². The maximum Gasteiger partial charge on any atom is 0.307 e. The number of ether oxygens (including phenoxy) is 1. The molecule has 10 heteroatoms. The zero-order valence-corrected chi connectivity index (χ0v) is 14.8. The zero-order valence-electron chi connectivity index (χ0n) is 14.0. The summed E-state index contributed by atoms with van der Waals surface area (Å²) in [6.07, 6.45) is -0.125. The van der Waals surface area contributed by atoms with Gasteiger partial charge >= 0.3 is 5.97 Å². The number of imide groups is 1. The molecule has 0 bridgehead atoms. The van der Waals surface area contributed by atoms with Crippen LogP contribution in [0.15, 0.2) is 17.5 Å². The Balaban J connectivity index is 1.82. The highest BCUT2D eigenvalue weighted by Gasteiger charge is 2.44. The molecule has 1 aliphatic rings. The summed E-state index contributed by atoms with van der Waals surface area (Å²) in [7, 11) is 0. The van der Waals surface area contributed by atoms with Gasteiger partial charge in [0, 0.05) is 23.2 Å². The van der Waals surface area contributed by atoms with Gasteiger partial charge in [-0.25, -0.2) is 0 Å². The summed E-state index contributed by atoms with van der Waals surface area (Å²) in [5.41, 5.74) is 0. The van der Waals surface area contributed by atoms with E-state index >= 15 is 0 Å². The second-order valence-corrected chi connectivity index (χ2v) is 7.10. The van der Waals surface area contributed by atoms with Crippen LogP contribution in [0.1, 0.15) is 29.4 Å². The fourth-order valence-electron chi connectivity index (χ4n) is 3.02. The van der Waals surface area contributed by atoms with Crippen molar-refractivity contribution in [1.82, 2.24) is 5.32 Å². The Hall–Kier alpha value is -2.62. The van der Waals surface area contributed by atoms with Crippen molar-refractivity contribution in [1.29, 1.82) is 0 Å². The first kappa shape index (κ1) is 19.7. The molecule has 0 radical (unpaired) electrons. The molecule has 0 unspecified atom stereocenters. The molecule has 140 valence electrons. The lowest BCUT2D eigenvalue weighted by Crippen LogP contribution is -2.34. The van der Waals surface area contributed by atoms with E-state index in [0.29, 0.717) is 4.88 Å². The highest BCUT2D eigenvalue weighted by atomic mass is 32.1. The number of hydrogen-bond donors (Lipinski definition) is 1. The topological polar surface area (TPSA) is 133 Å². The zero-order chi connectivity index (χ0) is 19.3. The number of amides is 2. The SMILES string of the molecule is C[C@H]1CC(=O)[C@H](CC(=O)OCC(=O)NC(=O)c2cccs2)[C@@H]1C[N+](=O)[O-]. The minimum atomic E-state index is -0.801. The average molecular weight is 382 g/mol. The third-order valence-corrected chi connectivity index (χ3v) is 5.16. The van der Waals surface area contributed by atoms with Crippen LogP contribution in [0.25, 0.3) is 0 Å². The molecule has 1 aliphatic carbocycles. The van der Waals surface area contributed by atoms with E-state index in [-0.39, 0.29) is 31.1 Å². The van der Waals surface area contributed by atoms with E-state index in [2.05, 4.69) is 5.32 Å². The van der Waals surface area contributed by atoms with Gasteiger partial charge in [-0.3, -0.25) is 34.6 Å². The Morgan fingerprint density at radius 2 is 2.15 bits per heavy atom. The molecule has 2 rings (SSSR count). The molecule has 26 heavy (non-hydrogen) atoms. The highest BCUT2D eigenvalue weighted by molar-refractivity contribution is 7.12. The minimum Gasteiger partial charge on any atom is -0.456 e. The Bertz CT molecular complexity index is 716. The van der Waals surface area contributed by atoms with Gasteiger partial charge in [-0.1, -0.05) is 13.0 Å². The van der Waals surface area contributed by atoms with Gasteiger partial charge in [-0.15, -0.1) is 11.3 Å². The number of Topliss-reactive ketones (excluding diaryl/α,β-unsaturated/α-hetero) is 1. The molecule has 1 heterocycles. The molecular weight excluding hydrogens is 364 g/mol. The molecule has 1 fully saturated rings. The van der Waals surface area contributed by atoms with Crippen LogP contribution in [0.2, 0.25) is 0 Å². The molecule has 1 aromatic heterocycles. The van der Waals surface area contributed by atoms with Crippen molar-refractivity contribution in [3.05, 3.63) is 32.5 Å². The summed E-state index contributed by atoms with van der Waals surface area (Å²) in [5, 5.41) is 14.5. The van der Waals surface area contributed by atoms with Gasteiger partial charge in [0.2, 0.25) is 6.54 Å². The van der Waals surface area contributed by atoms with Gasteiger partial charge in [-0.2, -0.15) is 0 Å². The van der Waals surface area contributed by atoms with E-state index in [4.69, 9.17) is 4.74 Å². The predicted octanol–water partition coefficient (Wildman–Crippen LogP) is 1.06. The molecule has 0 aliphatic heterocycles. The molecule has 1 saturated carbocycles. The molecule has 3 atom stereocenters. The van der Waals surface area contributed by atoms with Crippen molar-refractivity contribution in [3.63, 3.8) is 0 Å². The van der Waals surface area contributed by atoms with E-state index in [1.165, 1.54) is 0 Å². The summed E-state index contributed by atoms with van der Waals surface area (Å²) in [6.45, 7) is 0.688. The lowest BCUT2D eigenvalue weighted by molar-refractivity contribution is -0.490. The van der Waals surface area contributed by atoms with Crippen molar-refractivity contribution in [2.45, 2.75) is 19.8 Å². The Morgan fingerprint density at radius 3 is 2.77 bits per heavy atom. The van der Waals surface area contributed by atoms with E-state index in [1.807, 2.05) is 0 Å². The molecule has 2 amide bonds. The monoisotopic (exact) mass is 382 g/mol. The van der Waals surface area contributed by atoms with Crippen LogP contribution < -0.4 is 5.32 Å². The van der Waals surface area contributed by atoms with Crippen molar-refractivity contribution < 1.29 is 28.8 Å². The van der Waals surface area contributed by atoms with Gasteiger partial charge in [-0.05, 0) is 17.4 Å². The van der Waals surface area contributed by atoms with Crippen LogP contribution >= 0.6 is 11.3 Å². The number of ketones is 1. The van der Waals surface area contributed by atoms with Crippen LogP contribution in [0, 0.1) is 27.9 Å². The number of rotatable bonds is 7. The van der Waals surface area contributed by atoms with Gasteiger partial charge in [0.15, 0.2) is 6.61 Å². The van der Waals surface area contributed by atoms with Crippen LogP contribution in [0.5, 0.6) is 0 Å². The lowest BCUT2D eigenvalue weighted by atomic mass is 9.88. The maximum atomic E-state index is 12.0. The maximum absolute atomic E-state index is 12.0. The molecule has 1 aromatic rings. The number of nitrogens with one attached hydrogen (secondary N) is 1. The van der Waals surface area contributed by atoms with Crippen LogP contribution in [0.4, 0.5) is 0 Å². The number of thiophene rings is 1. The van der Waals surface area contributed by atoms with E-state index < -0.39 is 41.1 Å². The third kappa shape index (κ3) is 5.19. The minimum absolute atomic E-state index is 0.183. The first-order valence-electron chi connectivity index (χ1n) is 7.95. The van der Waals surface area contributed by atoms with Crippen LogP contribution in [-0.4, -0.2) is 41.6 Å². The summed E-state index contributed by atoms with van der Waals surface area (Å²) in [5.74, 6) is -3.88. The second kappa shape index (κ2) is 8.65. The van der Waals surface area contributed by atoms with E-state index in [0.717, 1.165) is 11.3 Å². The summed E-state index contributed by atoms with van der Waals surface area (Å²) < 4.78 is 4.80. The summed E-state index contributed by atoms with van der Waals surface area (Å²) in [4.78, 5) is 57.8. The number of carbonyl (C=O) groups excluding carboxylic acids is 4. The number of carbonyl (C=O) groups is 4. The van der Waals surface area contributed by atoms with Crippen molar-refractivity contribution >= 4 is 34.9 Å². The Labute approximate surface area is 152 Å². The largest absolute Gasteiger partial charge is 0.456 e. The van der Waals surface area contributed by atoms with Gasteiger partial charge < -0.3 is 4.74 Å². The Kier molecular flexibility index (Phi) is 6.56. The lowest BCUT2D eigenvalue weighted by Gasteiger charge is -2.16. The summed E-state index contributed by atoms with van der Waals surface area (Å²) >= 11 is 1.16. The average Bonchev–Trinajstić information content (AvgIpc) is 3.17. The summed E-state index contributed by atoms with van der Waals surface area (Å²) in [6, 6.07) is 3.20. The molecular formula is C16H18N2O7S. The fourth-order valence-corrected chi connectivity index (χ4v) is 3.64. The predicted molar refractivity (Wildman–Crippen MR) is 90.0 cm³/mol. The smallest absolute Gasteiger partial charge is 0.307 e. The number of esters is 1. The number of nitrogens with zero attached hydrogens (tertiary/aromatic N) is 1. The van der Waals surface area contributed by atoms with Crippen LogP contribution in [-0.2, 0) is 19.1 Å². The Morgan fingerprint density at radius 1 is 1.42 bits per heavy atom. The highest BCUT2D eigenvalue weighted by Crippen LogP contribution is 2.36. The third-order valence-electron chi connectivity index (χ3n) is 4.29.